The Morgan fingerprint density at radius 3 is 2.33 bits per heavy atom. The largest absolute Gasteiger partial charge is 0.483 e. The number of nitrogens with two attached hydrogens (primary N) is 1. The van der Waals surface area contributed by atoms with Crippen LogP contribution in [0.15, 0.2) is 12.4 Å². The minimum Gasteiger partial charge on any atom is -0.483 e. The molecule has 0 radical (unpaired) electrons. The van der Waals surface area contributed by atoms with Crippen LogP contribution < -0.4 is 16.0 Å². The van der Waals surface area contributed by atoms with Crippen LogP contribution in [-0.4, -0.2) is 53.6 Å². The van der Waals surface area contributed by atoms with Crippen LogP contribution in [0.3, 0.4) is 0 Å². The summed E-state index contributed by atoms with van der Waals surface area (Å²) >= 11 is 0. The van der Waals surface area contributed by atoms with E-state index in [1.54, 1.807) is 0 Å². The molecule has 0 bridgehead atoms. The molecule has 8 nitrogen and oxygen atoms in total. The molecular formula is C10H15N5O3. The highest BCUT2D eigenvalue weighted by Gasteiger charge is 2.12. The molecule has 1 amide bonds. The van der Waals surface area contributed by atoms with Gasteiger partial charge in [0.25, 0.3) is 12.4 Å². The van der Waals surface area contributed by atoms with Crippen LogP contribution >= 0.6 is 0 Å². The second-order valence-corrected chi connectivity index (χ2v) is 3.48. The van der Waals surface area contributed by atoms with Crippen LogP contribution in [0, 0.1) is 0 Å². The van der Waals surface area contributed by atoms with Crippen molar-refractivity contribution in [2.75, 3.05) is 31.1 Å². The molecular weight excluding hydrogens is 238 g/mol. The number of primary amides is 1. The van der Waals surface area contributed by atoms with Crippen molar-refractivity contribution >= 4 is 18.3 Å². The average Bonchev–Trinajstić information content (AvgIpc) is 2.41. The van der Waals surface area contributed by atoms with Crippen molar-refractivity contribution in [3.8, 4) is 0 Å². The quantitative estimate of drug-likeness (QED) is 0.559. The van der Waals surface area contributed by atoms with E-state index in [1.807, 2.05) is 0 Å². The van der Waals surface area contributed by atoms with Crippen molar-refractivity contribution in [3.63, 3.8) is 0 Å². The SMILES string of the molecule is NC(=O)c1cnc(N2CCNCC2)nc1.O=CO. The third-order valence-corrected chi connectivity index (χ3v) is 2.32. The Morgan fingerprint density at radius 1 is 1.39 bits per heavy atom. The molecule has 0 saturated carbocycles. The van der Waals surface area contributed by atoms with Crippen LogP contribution in [0.5, 0.6) is 0 Å². The van der Waals surface area contributed by atoms with E-state index in [2.05, 4.69) is 20.2 Å². The lowest BCUT2D eigenvalue weighted by Crippen LogP contribution is -2.44. The first-order chi connectivity index (χ1) is 8.69. The van der Waals surface area contributed by atoms with Gasteiger partial charge in [0.15, 0.2) is 0 Å². The number of carboxylic acid groups (broad SMARTS) is 1. The fraction of sp³-hybridized carbons (Fsp3) is 0.400. The zero-order valence-electron chi connectivity index (χ0n) is 9.74. The summed E-state index contributed by atoms with van der Waals surface area (Å²) in [4.78, 5) is 29.5. The Morgan fingerprint density at radius 2 is 1.89 bits per heavy atom. The van der Waals surface area contributed by atoms with E-state index in [9.17, 15) is 4.79 Å². The van der Waals surface area contributed by atoms with Gasteiger partial charge in [-0.25, -0.2) is 9.97 Å². The van der Waals surface area contributed by atoms with E-state index in [0.29, 0.717) is 11.5 Å². The van der Waals surface area contributed by atoms with Crippen molar-refractivity contribution in [1.29, 1.82) is 0 Å². The second-order valence-electron chi connectivity index (χ2n) is 3.48. The lowest BCUT2D eigenvalue weighted by Gasteiger charge is -2.27. The van der Waals surface area contributed by atoms with Crippen molar-refractivity contribution in [3.05, 3.63) is 18.0 Å². The molecule has 4 N–H and O–H groups in total. The number of carbonyl (C=O) groups excluding carboxylic acids is 1. The zero-order valence-corrected chi connectivity index (χ0v) is 9.74. The van der Waals surface area contributed by atoms with Crippen LogP contribution in [0.4, 0.5) is 5.95 Å². The Kier molecular flexibility index (Phi) is 5.52. The van der Waals surface area contributed by atoms with Crippen LogP contribution in [-0.2, 0) is 4.79 Å². The highest BCUT2D eigenvalue weighted by molar-refractivity contribution is 5.92. The summed E-state index contributed by atoms with van der Waals surface area (Å²) in [6, 6.07) is 0. The predicted molar refractivity (Wildman–Crippen MR) is 64.3 cm³/mol. The van der Waals surface area contributed by atoms with Gasteiger partial charge in [-0.15, -0.1) is 0 Å². The molecule has 2 rings (SSSR count). The Bertz CT molecular complexity index is 389. The molecule has 0 spiro atoms. The minimum absolute atomic E-state index is 0.250. The average molecular weight is 253 g/mol. The molecule has 98 valence electrons. The summed E-state index contributed by atoms with van der Waals surface area (Å²) in [7, 11) is 0. The van der Waals surface area contributed by atoms with E-state index in [0.717, 1.165) is 26.2 Å². The van der Waals surface area contributed by atoms with Crippen LogP contribution in [0.2, 0.25) is 0 Å². The number of hydrogen-bond acceptors (Lipinski definition) is 6. The van der Waals surface area contributed by atoms with Crippen molar-refractivity contribution in [2.45, 2.75) is 0 Å². The third kappa shape index (κ3) is 3.98. The van der Waals surface area contributed by atoms with E-state index in [4.69, 9.17) is 15.6 Å². The number of nitrogens with zero attached hydrogens (tertiary/aromatic N) is 3. The van der Waals surface area contributed by atoms with E-state index in [1.165, 1.54) is 12.4 Å². The molecule has 1 fully saturated rings. The molecule has 18 heavy (non-hydrogen) atoms. The molecule has 1 saturated heterocycles. The molecule has 1 aromatic heterocycles. The van der Waals surface area contributed by atoms with Gasteiger partial charge in [0, 0.05) is 38.6 Å². The number of amides is 1. The Labute approximate surface area is 104 Å². The maximum atomic E-state index is 10.8. The summed E-state index contributed by atoms with van der Waals surface area (Å²) in [6.07, 6.45) is 2.93. The number of anilines is 1. The summed E-state index contributed by atoms with van der Waals surface area (Å²) in [5.74, 6) is 0.156. The van der Waals surface area contributed by atoms with E-state index < -0.39 is 5.91 Å². The van der Waals surface area contributed by atoms with Gasteiger partial charge in [0.2, 0.25) is 5.95 Å². The van der Waals surface area contributed by atoms with Crippen molar-refractivity contribution in [2.24, 2.45) is 5.73 Å². The highest BCUT2D eigenvalue weighted by atomic mass is 16.3. The Balaban J connectivity index is 0.000000492. The van der Waals surface area contributed by atoms with Gasteiger partial charge in [-0.3, -0.25) is 9.59 Å². The maximum absolute atomic E-state index is 10.8. The van der Waals surface area contributed by atoms with Crippen molar-refractivity contribution < 1.29 is 14.7 Å². The fourth-order valence-electron chi connectivity index (χ4n) is 1.48. The summed E-state index contributed by atoms with van der Waals surface area (Å²) in [6.45, 7) is 3.38. The van der Waals surface area contributed by atoms with Gasteiger partial charge in [-0.2, -0.15) is 0 Å². The minimum atomic E-state index is -0.498. The number of nitrogens with one attached hydrogen (secondary N) is 1. The summed E-state index contributed by atoms with van der Waals surface area (Å²) in [5.41, 5.74) is 5.44. The molecule has 0 unspecified atom stereocenters. The van der Waals surface area contributed by atoms with E-state index >= 15 is 0 Å². The number of hydrogen-bond donors (Lipinski definition) is 3. The predicted octanol–water partition coefficient (Wildman–Crippen LogP) is -1.31. The molecule has 2 heterocycles. The molecule has 1 aliphatic heterocycles. The second kappa shape index (κ2) is 7.17. The number of rotatable bonds is 2. The Hall–Kier alpha value is -2.22. The standard InChI is InChI=1S/C9H13N5O.CH2O2/c10-8(15)7-5-12-9(13-6-7)14-3-1-11-2-4-14;2-1-3/h5-6,11H,1-4H2,(H2,10,15);1H,(H,2,3). The maximum Gasteiger partial charge on any atom is 0.290 e. The molecule has 1 aliphatic rings. The van der Waals surface area contributed by atoms with Crippen LogP contribution in [0.1, 0.15) is 10.4 Å². The number of piperazine rings is 1. The smallest absolute Gasteiger partial charge is 0.290 e. The van der Waals surface area contributed by atoms with Gasteiger partial charge in [-0.1, -0.05) is 0 Å². The molecule has 8 heteroatoms. The molecule has 0 aliphatic carbocycles. The molecule has 0 aromatic carbocycles. The normalized spacial score (nSPS) is 14.3. The van der Waals surface area contributed by atoms with Gasteiger partial charge in [0.1, 0.15) is 0 Å². The van der Waals surface area contributed by atoms with Gasteiger partial charge in [-0.05, 0) is 0 Å². The van der Waals surface area contributed by atoms with Crippen LogP contribution in [0.25, 0.3) is 0 Å². The van der Waals surface area contributed by atoms with Gasteiger partial charge in [0.05, 0.1) is 5.56 Å². The zero-order chi connectivity index (χ0) is 13.4. The first kappa shape index (κ1) is 13.8. The number of aromatic nitrogens is 2. The lowest BCUT2D eigenvalue weighted by molar-refractivity contribution is -0.122. The topological polar surface area (TPSA) is 121 Å². The van der Waals surface area contributed by atoms with Crippen molar-refractivity contribution in [1.82, 2.24) is 15.3 Å². The monoisotopic (exact) mass is 253 g/mol. The first-order valence-corrected chi connectivity index (χ1v) is 5.34. The summed E-state index contributed by atoms with van der Waals surface area (Å²) in [5, 5.41) is 10.1. The third-order valence-electron chi connectivity index (χ3n) is 2.32. The first-order valence-electron chi connectivity index (χ1n) is 5.34. The van der Waals surface area contributed by atoms with Gasteiger partial charge < -0.3 is 21.1 Å². The van der Waals surface area contributed by atoms with E-state index in [-0.39, 0.29) is 6.47 Å². The van der Waals surface area contributed by atoms with Gasteiger partial charge >= 0.3 is 0 Å². The lowest BCUT2D eigenvalue weighted by atomic mass is 10.3. The molecule has 1 aromatic rings. The molecule has 0 atom stereocenters. The summed E-state index contributed by atoms with van der Waals surface area (Å²) < 4.78 is 0. The fourth-order valence-corrected chi connectivity index (χ4v) is 1.48. The number of carbonyl (C=O) groups is 2. The highest BCUT2D eigenvalue weighted by Crippen LogP contribution is 2.07.